The summed E-state index contributed by atoms with van der Waals surface area (Å²) in [6.07, 6.45) is 9.49. The Balaban J connectivity index is 1.13. The summed E-state index contributed by atoms with van der Waals surface area (Å²) in [7, 11) is 0. The summed E-state index contributed by atoms with van der Waals surface area (Å²) in [6.45, 7) is 10.5. The van der Waals surface area contributed by atoms with Crippen LogP contribution in [0.1, 0.15) is 71.8 Å². The fourth-order valence-electron chi connectivity index (χ4n) is 6.06. The molecule has 0 radical (unpaired) electrons. The van der Waals surface area contributed by atoms with Crippen molar-refractivity contribution < 1.29 is 19.1 Å². The minimum absolute atomic E-state index is 0.101. The molecule has 3 aromatic heterocycles. The van der Waals surface area contributed by atoms with Gasteiger partial charge in [-0.1, -0.05) is 13.8 Å². The fourth-order valence-corrected chi connectivity index (χ4v) is 6.06. The number of fused-ring (bicyclic) bond motifs is 3. The van der Waals surface area contributed by atoms with Crippen molar-refractivity contribution in [2.45, 2.75) is 96.1 Å². The van der Waals surface area contributed by atoms with Gasteiger partial charge >= 0.3 is 12.2 Å². The predicted molar refractivity (Wildman–Crippen MR) is 151 cm³/mol. The van der Waals surface area contributed by atoms with Gasteiger partial charge in [-0.05, 0) is 52.4 Å². The number of nitrogens with zero attached hydrogens (tertiary/aromatic N) is 7. The Hall–Kier alpha value is -3.96. The zero-order chi connectivity index (χ0) is 28.9. The first-order valence-corrected chi connectivity index (χ1v) is 14.4. The van der Waals surface area contributed by atoms with Gasteiger partial charge in [-0.25, -0.2) is 24.5 Å². The van der Waals surface area contributed by atoms with Crippen molar-refractivity contribution in [2.75, 3.05) is 18.4 Å². The maximum atomic E-state index is 13.2. The molecule has 3 aliphatic heterocycles. The minimum Gasteiger partial charge on any atom is -0.444 e. The molecule has 12 heteroatoms. The number of aromatic nitrogens is 5. The third-order valence-electron chi connectivity index (χ3n) is 8.04. The van der Waals surface area contributed by atoms with Gasteiger partial charge in [0, 0.05) is 47.7 Å². The summed E-state index contributed by atoms with van der Waals surface area (Å²) in [5, 5.41) is 8.39. The third-order valence-corrected chi connectivity index (χ3v) is 8.04. The largest absolute Gasteiger partial charge is 0.444 e. The summed E-state index contributed by atoms with van der Waals surface area (Å²) < 4.78 is 13.1. The summed E-state index contributed by atoms with van der Waals surface area (Å²) in [5.74, 6) is 1.13. The normalized spacial score (nSPS) is 22.6. The molecule has 3 saturated heterocycles. The van der Waals surface area contributed by atoms with Crippen LogP contribution in [0.15, 0.2) is 31.0 Å². The molecule has 2 amide bonds. The first-order valence-electron chi connectivity index (χ1n) is 14.4. The van der Waals surface area contributed by atoms with Crippen LogP contribution in [-0.4, -0.2) is 89.5 Å². The Bertz CT molecular complexity index is 1420. The van der Waals surface area contributed by atoms with Crippen LogP contribution in [0, 0.1) is 0 Å². The maximum absolute atomic E-state index is 13.2. The van der Waals surface area contributed by atoms with E-state index in [1.807, 2.05) is 42.4 Å². The summed E-state index contributed by atoms with van der Waals surface area (Å²) >= 11 is 0. The van der Waals surface area contributed by atoms with E-state index in [1.54, 1.807) is 17.3 Å². The Morgan fingerprint density at radius 1 is 1.02 bits per heavy atom. The van der Waals surface area contributed by atoms with Gasteiger partial charge in [0.2, 0.25) is 0 Å². The molecule has 2 bridgehead atoms. The van der Waals surface area contributed by atoms with Crippen molar-refractivity contribution in [3.63, 3.8) is 0 Å². The zero-order valence-electron chi connectivity index (χ0n) is 24.3. The molecule has 3 aromatic rings. The Kier molecular flexibility index (Phi) is 6.95. The lowest BCUT2D eigenvalue weighted by atomic mass is 9.97. The van der Waals surface area contributed by atoms with Gasteiger partial charge < -0.3 is 24.6 Å². The van der Waals surface area contributed by atoms with Crippen LogP contribution in [-0.2, 0) is 9.47 Å². The molecule has 2 unspecified atom stereocenters. The molecule has 12 nitrogen and oxygen atoms in total. The van der Waals surface area contributed by atoms with Crippen molar-refractivity contribution in [3.8, 4) is 11.3 Å². The minimum atomic E-state index is -0.551. The SMILES string of the molecule is CC(C)c1cnn2c(NC3CC4CCC(C3)N4C(=O)OC3CN(C(=O)OC(C)(C)C)C3)cc(-c3cncnc3)nc12. The van der Waals surface area contributed by atoms with E-state index in [1.165, 1.54) is 6.33 Å². The van der Waals surface area contributed by atoms with Gasteiger partial charge in [-0.2, -0.15) is 9.61 Å². The number of amides is 2. The standard InChI is InChI=1S/C29H38N8O4/c1-17(2)23-13-32-37-25(10-24(34-26(23)37)18-11-30-16-31-12-18)33-19-8-20-6-7-21(9-19)36(20)28(39)40-22-14-35(15-22)27(38)41-29(3,4)5/h10-13,16-17,19-22,33H,6-9,14-15H2,1-5H3. The number of carbonyl (C=O) groups excluding carboxylic acids is 2. The Morgan fingerprint density at radius 2 is 1.71 bits per heavy atom. The monoisotopic (exact) mass is 562 g/mol. The lowest BCUT2D eigenvalue weighted by molar-refractivity contribution is -0.0485. The van der Waals surface area contributed by atoms with E-state index in [-0.39, 0.29) is 42.3 Å². The number of likely N-dealkylation sites (tertiary alicyclic amines) is 1. The van der Waals surface area contributed by atoms with E-state index in [4.69, 9.17) is 14.5 Å². The van der Waals surface area contributed by atoms with Crippen LogP contribution in [0.25, 0.3) is 16.9 Å². The van der Waals surface area contributed by atoms with Crippen LogP contribution in [0.5, 0.6) is 0 Å². The highest BCUT2D eigenvalue weighted by atomic mass is 16.6. The average molecular weight is 563 g/mol. The van der Waals surface area contributed by atoms with E-state index < -0.39 is 5.60 Å². The smallest absolute Gasteiger partial charge is 0.410 e. The molecule has 3 fully saturated rings. The van der Waals surface area contributed by atoms with Gasteiger partial charge in [0.05, 0.1) is 25.0 Å². The molecule has 1 N–H and O–H groups in total. The zero-order valence-corrected chi connectivity index (χ0v) is 24.3. The van der Waals surface area contributed by atoms with Crippen LogP contribution >= 0.6 is 0 Å². The lowest BCUT2D eigenvalue weighted by Gasteiger charge is -2.42. The number of anilines is 1. The molecule has 0 saturated carbocycles. The number of piperidine rings is 1. The number of hydrogen-bond donors (Lipinski definition) is 1. The van der Waals surface area contributed by atoms with Gasteiger partial charge in [-0.3, -0.25) is 0 Å². The second kappa shape index (κ2) is 10.5. The third kappa shape index (κ3) is 5.51. The molecule has 0 aromatic carbocycles. The van der Waals surface area contributed by atoms with E-state index in [9.17, 15) is 9.59 Å². The van der Waals surface area contributed by atoms with E-state index in [2.05, 4.69) is 34.2 Å². The second-order valence-electron chi connectivity index (χ2n) is 12.6. The number of rotatable bonds is 5. The van der Waals surface area contributed by atoms with Crippen LogP contribution < -0.4 is 5.32 Å². The van der Waals surface area contributed by atoms with Gasteiger partial charge in [-0.15, -0.1) is 0 Å². The van der Waals surface area contributed by atoms with Crippen molar-refractivity contribution in [2.24, 2.45) is 0 Å². The molecule has 6 rings (SSSR count). The van der Waals surface area contributed by atoms with E-state index >= 15 is 0 Å². The molecule has 6 heterocycles. The Labute approximate surface area is 239 Å². The van der Waals surface area contributed by atoms with Gasteiger partial charge in [0.15, 0.2) is 5.65 Å². The lowest BCUT2D eigenvalue weighted by Crippen LogP contribution is -2.58. The molecular weight excluding hydrogens is 524 g/mol. The number of nitrogens with one attached hydrogen (secondary N) is 1. The Morgan fingerprint density at radius 3 is 2.34 bits per heavy atom. The molecular formula is C29H38N8O4. The van der Waals surface area contributed by atoms with Crippen LogP contribution in [0.3, 0.4) is 0 Å². The fraction of sp³-hybridized carbons (Fsp3) is 0.586. The average Bonchev–Trinajstić information content (AvgIpc) is 3.44. The van der Waals surface area contributed by atoms with Gasteiger partial charge in [0.25, 0.3) is 0 Å². The number of hydrogen-bond acceptors (Lipinski definition) is 9. The highest BCUT2D eigenvalue weighted by Crippen LogP contribution is 2.38. The molecule has 2 atom stereocenters. The van der Waals surface area contributed by atoms with E-state index in [0.29, 0.717) is 13.1 Å². The first kappa shape index (κ1) is 27.2. The van der Waals surface area contributed by atoms with Crippen molar-refractivity contribution in [1.29, 1.82) is 0 Å². The molecule has 41 heavy (non-hydrogen) atoms. The quantitative estimate of drug-likeness (QED) is 0.479. The van der Waals surface area contributed by atoms with Gasteiger partial charge in [0.1, 0.15) is 23.9 Å². The molecule has 0 spiro atoms. The highest BCUT2D eigenvalue weighted by molar-refractivity contribution is 5.72. The van der Waals surface area contributed by atoms with Crippen molar-refractivity contribution in [1.82, 2.24) is 34.4 Å². The highest BCUT2D eigenvalue weighted by Gasteiger charge is 2.46. The number of ether oxygens (including phenoxy) is 2. The molecule has 3 aliphatic rings. The molecule has 218 valence electrons. The maximum Gasteiger partial charge on any atom is 0.410 e. The van der Waals surface area contributed by atoms with Crippen LogP contribution in [0.2, 0.25) is 0 Å². The summed E-state index contributed by atoms with van der Waals surface area (Å²) in [6, 6.07) is 2.37. The van der Waals surface area contributed by atoms with Crippen molar-refractivity contribution >= 4 is 23.7 Å². The van der Waals surface area contributed by atoms with Crippen molar-refractivity contribution in [3.05, 3.63) is 36.5 Å². The first-order chi connectivity index (χ1) is 19.6. The van der Waals surface area contributed by atoms with Crippen LogP contribution in [0.4, 0.5) is 15.4 Å². The molecule has 0 aliphatic carbocycles. The summed E-state index contributed by atoms with van der Waals surface area (Å²) in [5.41, 5.74) is 2.96. The second-order valence-corrected chi connectivity index (χ2v) is 12.6. The number of carbonyl (C=O) groups is 2. The summed E-state index contributed by atoms with van der Waals surface area (Å²) in [4.78, 5) is 42.2. The topological polar surface area (TPSA) is 127 Å². The van der Waals surface area contributed by atoms with E-state index in [0.717, 1.165) is 54.0 Å². The predicted octanol–water partition coefficient (Wildman–Crippen LogP) is 4.47.